The molecule has 0 radical (unpaired) electrons. The van der Waals surface area contributed by atoms with Gasteiger partial charge in [0.25, 0.3) is 0 Å². The monoisotopic (exact) mass is 313 g/mol. The Bertz CT molecular complexity index is 542. The molecule has 2 aliphatic heterocycles. The molecule has 124 valence electrons. The summed E-state index contributed by atoms with van der Waals surface area (Å²) in [4.78, 5) is 17.4. The van der Waals surface area contributed by atoms with Gasteiger partial charge in [-0.25, -0.2) is 4.79 Å². The zero-order chi connectivity index (χ0) is 15.6. The third-order valence-electron chi connectivity index (χ3n) is 5.68. The first kappa shape index (κ1) is 15.0. The number of hydrogen-bond acceptors (Lipinski definition) is 2. The van der Waals surface area contributed by atoms with E-state index in [9.17, 15) is 4.79 Å². The average Bonchev–Trinajstić information content (AvgIpc) is 3.27. The standard InChI is InChI=1S/C19H27N3O/c23-19(20-17-12-15-6-1-2-7-16(15)13-17)22-11-5-8-18(22)14-21-9-3-4-10-21/h1-2,6-7,17-18H,3-5,8-14H2,(H,20,23)/t18-/m1/s1. The van der Waals surface area contributed by atoms with Crippen molar-refractivity contribution in [1.82, 2.24) is 15.1 Å². The van der Waals surface area contributed by atoms with Crippen molar-refractivity contribution in [2.24, 2.45) is 0 Å². The smallest absolute Gasteiger partial charge is 0.317 e. The Balaban J connectivity index is 1.33. The maximum absolute atomic E-state index is 12.7. The molecule has 0 spiro atoms. The summed E-state index contributed by atoms with van der Waals surface area (Å²) in [5.74, 6) is 0. The summed E-state index contributed by atoms with van der Waals surface area (Å²) in [5.41, 5.74) is 2.79. The van der Waals surface area contributed by atoms with Crippen LogP contribution in [0, 0.1) is 0 Å². The van der Waals surface area contributed by atoms with Gasteiger partial charge < -0.3 is 15.1 Å². The van der Waals surface area contributed by atoms with Crippen LogP contribution in [0.5, 0.6) is 0 Å². The maximum atomic E-state index is 12.7. The SMILES string of the molecule is O=C(NC1Cc2ccccc2C1)N1CCC[C@@H]1CN1CCCC1. The van der Waals surface area contributed by atoms with Gasteiger partial charge >= 0.3 is 6.03 Å². The number of carbonyl (C=O) groups excluding carboxylic acids is 1. The number of nitrogens with zero attached hydrogens (tertiary/aromatic N) is 2. The molecule has 1 aliphatic carbocycles. The molecule has 4 heteroatoms. The number of likely N-dealkylation sites (tertiary alicyclic amines) is 2. The quantitative estimate of drug-likeness (QED) is 0.930. The Hall–Kier alpha value is -1.55. The van der Waals surface area contributed by atoms with Crippen molar-refractivity contribution in [2.75, 3.05) is 26.2 Å². The molecule has 2 amide bonds. The van der Waals surface area contributed by atoms with Crippen LogP contribution in [0.2, 0.25) is 0 Å². The van der Waals surface area contributed by atoms with Crippen LogP contribution in [0.4, 0.5) is 4.79 Å². The largest absolute Gasteiger partial charge is 0.335 e. The molecule has 2 heterocycles. The van der Waals surface area contributed by atoms with Crippen molar-refractivity contribution in [3.63, 3.8) is 0 Å². The Morgan fingerprint density at radius 2 is 1.74 bits per heavy atom. The van der Waals surface area contributed by atoms with E-state index in [4.69, 9.17) is 0 Å². The molecule has 0 bridgehead atoms. The van der Waals surface area contributed by atoms with Crippen molar-refractivity contribution in [3.8, 4) is 0 Å². The lowest BCUT2D eigenvalue weighted by Gasteiger charge is -2.29. The van der Waals surface area contributed by atoms with Crippen LogP contribution in [0.15, 0.2) is 24.3 Å². The van der Waals surface area contributed by atoms with E-state index >= 15 is 0 Å². The fourth-order valence-electron chi connectivity index (χ4n) is 4.47. The molecule has 1 aromatic carbocycles. The highest BCUT2D eigenvalue weighted by atomic mass is 16.2. The van der Waals surface area contributed by atoms with Gasteiger partial charge in [0.05, 0.1) is 0 Å². The molecule has 4 nitrogen and oxygen atoms in total. The molecule has 0 unspecified atom stereocenters. The second kappa shape index (κ2) is 6.52. The van der Waals surface area contributed by atoms with Crippen molar-refractivity contribution >= 4 is 6.03 Å². The number of rotatable bonds is 3. The number of benzene rings is 1. The molecule has 4 rings (SSSR count). The van der Waals surface area contributed by atoms with Gasteiger partial charge in [-0.15, -0.1) is 0 Å². The fraction of sp³-hybridized carbons (Fsp3) is 0.632. The first-order valence-electron chi connectivity index (χ1n) is 9.16. The van der Waals surface area contributed by atoms with E-state index in [1.165, 1.54) is 37.1 Å². The topological polar surface area (TPSA) is 35.6 Å². The van der Waals surface area contributed by atoms with E-state index < -0.39 is 0 Å². The summed E-state index contributed by atoms with van der Waals surface area (Å²) >= 11 is 0. The highest BCUT2D eigenvalue weighted by Gasteiger charge is 2.32. The number of fused-ring (bicyclic) bond motifs is 1. The molecular formula is C19H27N3O. The number of hydrogen-bond donors (Lipinski definition) is 1. The third-order valence-corrected chi connectivity index (χ3v) is 5.68. The van der Waals surface area contributed by atoms with E-state index in [1.54, 1.807) is 0 Å². The van der Waals surface area contributed by atoms with Crippen LogP contribution < -0.4 is 5.32 Å². The van der Waals surface area contributed by atoms with Gasteiger partial charge in [-0.1, -0.05) is 24.3 Å². The summed E-state index contributed by atoms with van der Waals surface area (Å²) in [6.07, 6.45) is 6.91. The molecule has 3 aliphatic rings. The third kappa shape index (κ3) is 3.23. The molecule has 0 saturated carbocycles. The van der Waals surface area contributed by atoms with E-state index in [2.05, 4.69) is 39.4 Å². The van der Waals surface area contributed by atoms with Crippen molar-refractivity contribution < 1.29 is 4.79 Å². The van der Waals surface area contributed by atoms with E-state index in [0.29, 0.717) is 6.04 Å². The van der Waals surface area contributed by atoms with Gasteiger partial charge in [-0.3, -0.25) is 0 Å². The summed E-state index contributed by atoms with van der Waals surface area (Å²) < 4.78 is 0. The van der Waals surface area contributed by atoms with Crippen molar-refractivity contribution in [2.45, 2.75) is 50.6 Å². The average molecular weight is 313 g/mol. The second-order valence-electron chi connectivity index (χ2n) is 7.32. The molecule has 0 aromatic heterocycles. The summed E-state index contributed by atoms with van der Waals surface area (Å²) in [5, 5.41) is 3.29. The van der Waals surface area contributed by atoms with Crippen LogP contribution in [-0.2, 0) is 12.8 Å². The molecule has 2 saturated heterocycles. The van der Waals surface area contributed by atoms with Gasteiger partial charge in [-0.2, -0.15) is 0 Å². The lowest BCUT2D eigenvalue weighted by atomic mass is 10.1. The molecule has 23 heavy (non-hydrogen) atoms. The number of nitrogens with one attached hydrogen (secondary N) is 1. The first-order chi connectivity index (χ1) is 11.3. The van der Waals surface area contributed by atoms with Gasteiger partial charge in [0.1, 0.15) is 0 Å². The van der Waals surface area contributed by atoms with Crippen LogP contribution in [0.3, 0.4) is 0 Å². The summed E-state index contributed by atoms with van der Waals surface area (Å²) in [6, 6.07) is 9.40. The number of urea groups is 1. The Morgan fingerprint density at radius 3 is 2.43 bits per heavy atom. The van der Waals surface area contributed by atoms with E-state index in [0.717, 1.165) is 38.8 Å². The van der Waals surface area contributed by atoms with Crippen molar-refractivity contribution in [3.05, 3.63) is 35.4 Å². The maximum Gasteiger partial charge on any atom is 0.317 e. The molecule has 1 N–H and O–H groups in total. The zero-order valence-corrected chi connectivity index (χ0v) is 13.8. The minimum Gasteiger partial charge on any atom is -0.335 e. The van der Waals surface area contributed by atoms with Gasteiger partial charge in [0.15, 0.2) is 0 Å². The van der Waals surface area contributed by atoms with Crippen LogP contribution >= 0.6 is 0 Å². The predicted molar refractivity (Wildman–Crippen MR) is 91.6 cm³/mol. The Labute approximate surface area is 138 Å². The minimum atomic E-state index is 0.157. The molecular weight excluding hydrogens is 286 g/mol. The fourth-order valence-corrected chi connectivity index (χ4v) is 4.47. The molecule has 1 atom stereocenters. The highest BCUT2D eigenvalue weighted by molar-refractivity contribution is 5.75. The van der Waals surface area contributed by atoms with Crippen LogP contribution in [0.1, 0.15) is 36.8 Å². The Morgan fingerprint density at radius 1 is 1.04 bits per heavy atom. The van der Waals surface area contributed by atoms with Gasteiger partial charge in [-0.05, 0) is 62.7 Å². The number of carbonyl (C=O) groups is 1. The van der Waals surface area contributed by atoms with Gasteiger partial charge in [0, 0.05) is 25.2 Å². The second-order valence-corrected chi connectivity index (χ2v) is 7.32. The zero-order valence-electron chi connectivity index (χ0n) is 13.8. The normalized spacial score (nSPS) is 25.0. The van der Waals surface area contributed by atoms with Crippen molar-refractivity contribution in [1.29, 1.82) is 0 Å². The van der Waals surface area contributed by atoms with E-state index in [1.807, 2.05) is 0 Å². The highest BCUT2D eigenvalue weighted by Crippen LogP contribution is 2.24. The van der Waals surface area contributed by atoms with Gasteiger partial charge in [0.2, 0.25) is 0 Å². The van der Waals surface area contributed by atoms with Crippen LogP contribution in [0.25, 0.3) is 0 Å². The summed E-state index contributed by atoms with van der Waals surface area (Å²) in [6.45, 7) is 4.41. The Kier molecular flexibility index (Phi) is 4.25. The van der Waals surface area contributed by atoms with Crippen LogP contribution in [-0.4, -0.2) is 54.1 Å². The molecule has 2 fully saturated rings. The summed E-state index contributed by atoms with van der Waals surface area (Å²) in [7, 11) is 0. The lowest BCUT2D eigenvalue weighted by molar-refractivity contribution is 0.172. The number of amides is 2. The first-order valence-corrected chi connectivity index (χ1v) is 9.16. The predicted octanol–water partition coefficient (Wildman–Crippen LogP) is 2.42. The molecule has 1 aromatic rings. The lowest BCUT2D eigenvalue weighted by Crippen LogP contribution is -2.49. The minimum absolute atomic E-state index is 0.157. The van der Waals surface area contributed by atoms with E-state index in [-0.39, 0.29) is 12.1 Å².